The minimum atomic E-state index is -1.60. The third kappa shape index (κ3) is 4.13. The molecule has 19 heavy (non-hydrogen) atoms. The van der Waals surface area contributed by atoms with E-state index in [-0.39, 0.29) is 17.2 Å². The molecule has 2 aromatic rings. The summed E-state index contributed by atoms with van der Waals surface area (Å²) in [5, 5.41) is 0. The summed E-state index contributed by atoms with van der Waals surface area (Å²) in [5.74, 6) is -0.211. The van der Waals surface area contributed by atoms with E-state index in [1.165, 1.54) is 36.2 Å². The smallest absolute Gasteiger partial charge is 0.323 e. The summed E-state index contributed by atoms with van der Waals surface area (Å²) in [5.41, 5.74) is 0.378. The van der Waals surface area contributed by atoms with Gasteiger partial charge >= 0.3 is 5.69 Å². The number of hydrogen-bond acceptors (Lipinski definition) is 3. The Labute approximate surface area is 112 Å². The van der Waals surface area contributed by atoms with Crippen molar-refractivity contribution in [2.24, 2.45) is 0 Å². The summed E-state index contributed by atoms with van der Waals surface area (Å²) in [7, 11) is 0. The highest BCUT2D eigenvalue weighted by Gasteiger charge is 2.11. The molecule has 0 fully saturated rings. The molecular formula is C12H12F2N2O2S. The third-order valence-corrected chi connectivity index (χ3v) is 3.26. The number of nitrogens with one attached hydrogen (secondary N) is 2. The number of para-hydroxylation sites is 1. The van der Waals surface area contributed by atoms with Crippen molar-refractivity contribution in [1.29, 1.82) is 0 Å². The molecule has 0 aliphatic heterocycles. The fourth-order valence-corrected chi connectivity index (χ4v) is 2.17. The van der Waals surface area contributed by atoms with Gasteiger partial charge < -0.3 is 14.7 Å². The molecule has 2 rings (SSSR count). The van der Waals surface area contributed by atoms with Gasteiger partial charge in [0.2, 0.25) is 6.36 Å². The summed E-state index contributed by atoms with van der Waals surface area (Å²) in [4.78, 5) is 15.8. The molecule has 0 bridgehead atoms. The Kier molecular flexibility index (Phi) is 4.62. The number of rotatable bonds is 6. The van der Waals surface area contributed by atoms with Crippen molar-refractivity contribution < 1.29 is 13.5 Å². The molecule has 0 amide bonds. The molecule has 0 spiro atoms. The minimum absolute atomic E-state index is 0.0432. The van der Waals surface area contributed by atoms with Gasteiger partial charge in [0.25, 0.3) is 0 Å². The van der Waals surface area contributed by atoms with Crippen molar-refractivity contribution >= 4 is 11.8 Å². The van der Waals surface area contributed by atoms with Gasteiger partial charge in [-0.3, -0.25) is 0 Å². The molecule has 0 saturated heterocycles. The number of imidazole rings is 1. The third-order valence-electron chi connectivity index (χ3n) is 2.25. The highest BCUT2D eigenvalue weighted by molar-refractivity contribution is 7.98. The first-order chi connectivity index (χ1) is 9.15. The molecule has 4 nitrogen and oxygen atoms in total. The number of alkyl halides is 1. The Balaban J connectivity index is 1.77. The lowest BCUT2D eigenvalue weighted by molar-refractivity contribution is 0.0859. The summed E-state index contributed by atoms with van der Waals surface area (Å²) in [6.07, 6.45) is -0.0760. The van der Waals surface area contributed by atoms with Crippen LogP contribution in [0.15, 0.2) is 35.3 Å². The van der Waals surface area contributed by atoms with E-state index in [0.29, 0.717) is 11.4 Å². The van der Waals surface area contributed by atoms with E-state index < -0.39 is 12.2 Å². The number of H-pyrrole nitrogens is 2. The molecule has 0 aliphatic rings. The summed E-state index contributed by atoms with van der Waals surface area (Å²) in [6, 6.07) is 5.66. The van der Waals surface area contributed by atoms with Crippen LogP contribution in [-0.4, -0.2) is 22.1 Å². The van der Waals surface area contributed by atoms with Crippen LogP contribution in [0.3, 0.4) is 0 Å². The Morgan fingerprint density at radius 2 is 2.16 bits per heavy atom. The van der Waals surface area contributed by atoms with Crippen molar-refractivity contribution in [3.63, 3.8) is 0 Å². The number of benzene rings is 1. The van der Waals surface area contributed by atoms with Gasteiger partial charge in [0.1, 0.15) is 0 Å². The molecular weight excluding hydrogens is 274 g/mol. The van der Waals surface area contributed by atoms with E-state index in [1.54, 1.807) is 6.07 Å². The fraction of sp³-hybridized carbons (Fsp3) is 0.250. The molecule has 102 valence electrons. The first-order valence-corrected chi connectivity index (χ1v) is 6.70. The van der Waals surface area contributed by atoms with Gasteiger partial charge in [-0.15, -0.1) is 11.8 Å². The second-order valence-electron chi connectivity index (χ2n) is 3.74. The van der Waals surface area contributed by atoms with Gasteiger partial charge in [-0.25, -0.2) is 13.6 Å². The van der Waals surface area contributed by atoms with Crippen LogP contribution in [0, 0.1) is 5.82 Å². The maximum atomic E-state index is 13.5. The highest BCUT2D eigenvalue weighted by Crippen LogP contribution is 2.19. The van der Waals surface area contributed by atoms with Crippen molar-refractivity contribution in [3.8, 4) is 5.75 Å². The number of thioether (sulfide) groups is 1. The second-order valence-corrected chi connectivity index (χ2v) is 4.77. The van der Waals surface area contributed by atoms with Crippen LogP contribution in [-0.2, 0) is 5.75 Å². The zero-order valence-electron chi connectivity index (χ0n) is 9.86. The Hall–Kier alpha value is -1.76. The number of aromatic amines is 2. The topological polar surface area (TPSA) is 57.9 Å². The highest BCUT2D eigenvalue weighted by atomic mass is 32.2. The summed E-state index contributed by atoms with van der Waals surface area (Å²) in [6.45, 7) is 0. The first kappa shape index (κ1) is 13.7. The van der Waals surface area contributed by atoms with Crippen molar-refractivity contribution in [1.82, 2.24) is 9.97 Å². The van der Waals surface area contributed by atoms with Crippen LogP contribution in [0.25, 0.3) is 0 Å². The van der Waals surface area contributed by atoms with E-state index in [0.717, 1.165) is 0 Å². The van der Waals surface area contributed by atoms with Crippen LogP contribution in [0.4, 0.5) is 8.78 Å². The van der Waals surface area contributed by atoms with Gasteiger partial charge in [-0.1, -0.05) is 12.1 Å². The number of ether oxygens (including phenoxy) is 1. The predicted octanol–water partition coefficient (Wildman–Crippen LogP) is 2.45. The van der Waals surface area contributed by atoms with E-state index in [2.05, 4.69) is 9.97 Å². The van der Waals surface area contributed by atoms with Crippen LogP contribution in [0.5, 0.6) is 5.75 Å². The molecule has 0 saturated carbocycles. The average Bonchev–Trinajstić information content (AvgIpc) is 2.78. The Morgan fingerprint density at radius 1 is 1.37 bits per heavy atom. The SMILES string of the molecule is O=c1[nH]cc(CSCC(F)Oc2ccccc2F)[nH]1. The molecule has 1 unspecified atom stereocenters. The molecule has 0 aliphatic carbocycles. The van der Waals surface area contributed by atoms with Crippen LogP contribution in [0.2, 0.25) is 0 Å². The lowest BCUT2D eigenvalue weighted by Crippen LogP contribution is -2.14. The normalized spacial score (nSPS) is 12.3. The van der Waals surface area contributed by atoms with Gasteiger partial charge in [-0.2, -0.15) is 0 Å². The van der Waals surface area contributed by atoms with E-state index in [1.807, 2.05) is 0 Å². The quantitative estimate of drug-likeness (QED) is 0.857. The van der Waals surface area contributed by atoms with Gasteiger partial charge in [-0.05, 0) is 12.1 Å². The summed E-state index contributed by atoms with van der Waals surface area (Å²) < 4.78 is 31.5. The van der Waals surface area contributed by atoms with Gasteiger partial charge in [0.05, 0.1) is 5.75 Å². The van der Waals surface area contributed by atoms with Crippen molar-refractivity contribution in [2.45, 2.75) is 12.1 Å². The van der Waals surface area contributed by atoms with E-state index in [4.69, 9.17) is 4.74 Å². The van der Waals surface area contributed by atoms with Crippen LogP contribution >= 0.6 is 11.8 Å². The van der Waals surface area contributed by atoms with Crippen molar-refractivity contribution in [2.75, 3.05) is 5.75 Å². The number of halogens is 2. The minimum Gasteiger partial charge on any atom is -0.456 e. The maximum absolute atomic E-state index is 13.5. The number of aromatic nitrogens is 2. The fourth-order valence-electron chi connectivity index (χ4n) is 1.42. The zero-order valence-corrected chi connectivity index (χ0v) is 10.7. The van der Waals surface area contributed by atoms with Crippen LogP contribution < -0.4 is 10.4 Å². The number of hydrogen-bond donors (Lipinski definition) is 2. The molecule has 0 radical (unpaired) electrons. The lowest BCUT2D eigenvalue weighted by atomic mass is 10.3. The van der Waals surface area contributed by atoms with E-state index >= 15 is 0 Å². The molecule has 2 N–H and O–H groups in total. The van der Waals surface area contributed by atoms with Crippen molar-refractivity contribution in [3.05, 3.63) is 52.5 Å². The monoisotopic (exact) mass is 286 g/mol. The standard InChI is InChI=1S/C12H12F2N2O2S/c13-9-3-1-2-4-10(9)18-11(14)7-19-6-8-5-15-12(17)16-8/h1-5,11H,6-7H2,(H2,15,16,17). The molecule has 7 heteroatoms. The average molecular weight is 286 g/mol. The maximum Gasteiger partial charge on any atom is 0.323 e. The van der Waals surface area contributed by atoms with Gasteiger partial charge in [0.15, 0.2) is 11.6 Å². The molecule has 1 heterocycles. The zero-order chi connectivity index (χ0) is 13.7. The molecule has 1 aromatic heterocycles. The molecule has 1 aromatic carbocycles. The first-order valence-electron chi connectivity index (χ1n) is 5.55. The predicted molar refractivity (Wildman–Crippen MR) is 69.5 cm³/mol. The largest absolute Gasteiger partial charge is 0.456 e. The molecule has 1 atom stereocenters. The Bertz CT molecular complexity index is 585. The van der Waals surface area contributed by atoms with Crippen LogP contribution in [0.1, 0.15) is 5.69 Å². The van der Waals surface area contributed by atoms with E-state index in [9.17, 15) is 13.6 Å². The van der Waals surface area contributed by atoms with Gasteiger partial charge in [0, 0.05) is 17.6 Å². The Morgan fingerprint density at radius 3 is 2.84 bits per heavy atom. The second kappa shape index (κ2) is 6.42. The lowest BCUT2D eigenvalue weighted by Gasteiger charge is -2.11. The summed E-state index contributed by atoms with van der Waals surface area (Å²) >= 11 is 1.24.